The summed E-state index contributed by atoms with van der Waals surface area (Å²) >= 11 is 11.7. The van der Waals surface area contributed by atoms with E-state index in [0.29, 0.717) is 27.2 Å². The molecule has 0 unspecified atom stereocenters. The zero-order valence-electron chi connectivity index (χ0n) is 15.6. The summed E-state index contributed by atoms with van der Waals surface area (Å²) in [6, 6.07) is 12.0. The molecule has 3 aromatic rings. The van der Waals surface area contributed by atoms with Gasteiger partial charge in [-0.25, -0.2) is 9.07 Å². The van der Waals surface area contributed by atoms with Gasteiger partial charge < -0.3 is 5.32 Å². The fourth-order valence-corrected chi connectivity index (χ4v) is 3.07. The minimum atomic E-state index is -0.320. The SMILES string of the molecule is Cc1ccc(C)c(NC(=S)N/N=C\c2c(C)nn(-c3ccc(F)cc3)c2Cl)c1. The summed E-state index contributed by atoms with van der Waals surface area (Å²) in [5, 5.41) is 12.4. The van der Waals surface area contributed by atoms with Gasteiger partial charge in [-0.05, 0) is 74.4 Å². The Kier molecular flexibility index (Phi) is 6.06. The lowest BCUT2D eigenvalue weighted by Crippen LogP contribution is -2.24. The van der Waals surface area contributed by atoms with Crippen molar-refractivity contribution in [3.8, 4) is 5.69 Å². The van der Waals surface area contributed by atoms with Gasteiger partial charge in [0.25, 0.3) is 0 Å². The summed E-state index contributed by atoms with van der Waals surface area (Å²) < 4.78 is 14.7. The van der Waals surface area contributed by atoms with Crippen molar-refractivity contribution in [2.75, 3.05) is 5.32 Å². The van der Waals surface area contributed by atoms with E-state index in [1.54, 1.807) is 18.3 Å². The first-order valence-electron chi connectivity index (χ1n) is 8.53. The highest BCUT2D eigenvalue weighted by Crippen LogP contribution is 2.22. The maximum Gasteiger partial charge on any atom is 0.191 e. The molecule has 0 radical (unpaired) electrons. The molecule has 0 aliphatic heterocycles. The Bertz CT molecular complexity index is 1040. The molecular formula is C20H19ClFN5S. The number of benzene rings is 2. The van der Waals surface area contributed by atoms with Crippen LogP contribution in [0.1, 0.15) is 22.4 Å². The Morgan fingerprint density at radius 3 is 2.61 bits per heavy atom. The molecule has 5 nitrogen and oxygen atoms in total. The molecule has 144 valence electrons. The van der Waals surface area contributed by atoms with Crippen LogP contribution in [0.15, 0.2) is 47.6 Å². The van der Waals surface area contributed by atoms with Gasteiger partial charge in [0.2, 0.25) is 0 Å². The first-order valence-corrected chi connectivity index (χ1v) is 9.32. The molecule has 2 aromatic carbocycles. The molecule has 0 atom stereocenters. The Labute approximate surface area is 173 Å². The molecule has 0 amide bonds. The van der Waals surface area contributed by atoms with Crippen LogP contribution in [0.2, 0.25) is 5.15 Å². The van der Waals surface area contributed by atoms with Gasteiger partial charge >= 0.3 is 0 Å². The van der Waals surface area contributed by atoms with E-state index in [0.717, 1.165) is 16.8 Å². The lowest BCUT2D eigenvalue weighted by atomic mass is 10.1. The van der Waals surface area contributed by atoms with Crippen LogP contribution in [0.5, 0.6) is 0 Å². The van der Waals surface area contributed by atoms with Crippen LogP contribution in [0.3, 0.4) is 0 Å². The van der Waals surface area contributed by atoms with Gasteiger partial charge in [0.15, 0.2) is 5.11 Å². The molecular weight excluding hydrogens is 397 g/mol. The Morgan fingerprint density at radius 1 is 1.18 bits per heavy atom. The number of nitrogens with zero attached hydrogens (tertiary/aromatic N) is 3. The van der Waals surface area contributed by atoms with Crippen molar-refractivity contribution in [2.24, 2.45) is 5.10 Å². The second-order valence-electron chi connectivity index (χ2n) is 6.32. The Hall–Kier alpha value is -2.77. The first kappa shape index (κ1) is 20.0. The van der Waals surface area contributed by atoms with E-state index in [-0.39, 0.29) is 5.82 Å². The molecule has 0 aliphatic carbocycles. The summed E-state index contributed by atoms with van der Waals surface area (Å²) in [6.45, 7) is 5.84. The van der Waals surface area contributed by atoms with Crippen molar-refractivity contribution in [3.05, 3.63) is 75.8 Å². The summed E-state index contributed by atoms with van der Waals surface area (Å²) in [5.74, 6) is -0.320. The molecule has 1 heterocycles. The fraction of sp³-hybridized carbons (Fsp3) is 0.150. The number of aryl methyl sites for hydroxylation is 3. The van der Waals surface area contributed by atoms with Gasteiger partial charge in [-0.2, -0.15) is 10.2 Å². The number of anilines is 1. The third-order valence-corrected chi connectivity index (χ3v) is 4.68. The monoisotopic (exact) mass is 415 g/mol. The number of aromatic nitrogens is 2. The molecule has 0 bridgehead atoms. The van der Waals surface area contributed by atoms with Crippen molar-refractivity contribution in [2.45, 2.75) is 20.8 Å². The van der Waals surface area contributed by atoms with Crippen LogP contribution in [-0.4, -0.2) is 21.1 Å². The number of hydrogen-bond acceptors (Lipinski definition) is 3. The maximum absolute atomic E-state index is 13.1. The van der Waals surface area contributed by atoms with Gasteiger partial charge in [0.05, 0.1) is 23.2 Å². The molecule has 8 heteroatoms. The predicted octanol–water partition coefficient (Wildman–Crippen LogP) is 4.91. The zero-order valence-corrected chi connectivity index (χ0v) is 17.2. The normalized spacial score (nSPS) is 11.0. The van der Waals surface area contributed by atoms with E-state index in [1.165, 1.54) is 16.8 Å². The van der Waals surface area contributed by atoms with Gasteiger partial charge in [-0.1, -0.05) is 23.7 Å². The molecule has 0 fully saturated rings. The molecule has 0 aliphatic rings. The number of thiocarbonyl (C=S) groups is 1. The molecule has 0 saturated heterocycles. The summed E-state index contributed by atoms with van der Waals surface area (Å²) in [5.41, 5.74) is 7.92. The Morgan fingerprint density at radius 2 is 1.89 bits per heavy atom. The number of hydrazone groups is 1. The van der Waals surface area contributed by atoms with Gasteiger partial charge in [-0.15, -0.1) is 0 Å². The van der Waals surface area contributed by atoms with Crippen molar-refractivity contribution in [1.29, 1.82) is 0 Å². The van der Waals surface area contributed by atoms with Crippen LogP contribution in [0.25, 0.3) is 5.69 Å². The molecule has 2 N–H and O–H groups in total. The van der Waals surface area contributed by atoms with Crippen LogP contribution in [0.4, 0.5) is 10.1 Å². The summed E-state index contributed by atoms with van der Waals surface area (Å²) in [7, 11) is 0. The highest BCUT2D eigenvalue weighted by Gasteiger charge is 2.13. The number of rotatable bonds is 4. The second kappa shape index (κ2) is 8.50. The third-order valence-electron chi connectivity index (χ3n) is 4.12. The van der Waals surface area contributed by atoms with E-state index in [1.807, 2.05) is 39.0 Å². The van der Waals surface area contributed by atoms with Crippen LogP contribution < -0.4 is 10.7 Å². The van der Waals surface area contributed by atoms with E-state index >= 15 is 0 Å². The average molecular weight is 416 g/mol. The zero-order chi connectivity index (χ0) is 20.3. The smallest absolute Gasteiger partial charge is 0.191 e. The summed E-state index contributed by atoms with van der Waals surface area (Å²) in [6.07, 6.45) is 1.56. The third kappa shape index (κ3) is 4.55. The lowest BCUT2D eigenvalue weighted by Gasteiger charge is -2.10. The Balaban J connectivity index is 1.71. The highest BCUT2D eigenvalue weighted by atomic mass is 35.5. The van der Waals surface area contributed by atoms with E-state index in [2.05, 4.69) is 20.9 Å². The second-order valence-corrected chi connectivity index (χ2v) is 7.09. The van der Waals surface area contributed by atoms with E-state index in [4.69, 9.17) is 23.8 Å². The fourth-order valence-electron chi connectivity index (χ4n) is 2.59. The van der Waals surface area contributed by atoms with E-state index < -0.39 is 0 Å². The van der Waals surface area contributed by atoms with Crippen LogP contribution in [0, 0.1) is 26.6 Å². The summed E-state index contributed by atoms with van der Waals surface area (Å²) in [4.78, 5) is 0. The van der Waals surface area contributed by atoms with Crippen molar-refractivity contribution in [1.82, 2.24) is 15.2 Å². The van der Waals surface area contributed by atoms with Crippen LogP contribution >= 0.6 is 23.8 Å². The number of halogens is 2. The first-order chi connectivity index (χ1) is 13.3. The molecule has 0 saturated carbocycles. The van der Waals surface area contributed by atoms with Crippen molar-refractivity contribution in [3.63, 3.8) is 0 Å². The van der Waals surface area contributed by atoms with Gasteiger partial charge in [0, 0.05) is 5.69 Å². The topological polar surface area (TPSA) is 54.2 Å². The van der Waals surface area contributed by atoms with Crippen molar-refractivity contribution < 1.29 is 4.39 Å². The quantitative estimate of drug-likeness (QED) is 0.361. The number of hydrogen-bond donors (Lipinski definition) is 2. The predicted molar refractivity (Wildman–Crippen MR) is 116 cm³/mol. The highest BCUT2D eigenvalue weighted by molar-refractivity contribution is 7.80. The molecule has 3 rings (SSSR count). The van der Waals surface area contributed by atoms with Crippen LogP contribution in [-0.2, 0) is 0 Å². The van der Waals surface area contributed by atoms with Gasteiger partial charge in [0.1, 0.15) is 11.0 Å². The van der Waals surface area contributed by atoms with Gasteiger partial charge in [-0.3, -0.25) is 5.43 Å². The lowest BCUT2D eigenvalue weighted by molar-refractivity contribution is 0.627. The largest absolute Gasteiger partial charge is 0.331 e. The maximum atomic E-state index is 13.1. The molecule has 1 aromatic heterocycles. The number of nitrogens with one attached hydrogen (secondary N) is 2. The minimum absolute atomic E-state index is 0.320. The standard InChI is InChI=1S/C20H19ClFN5S/c1-12-4-5-13(2)18(10-12)24-20(28)25-23-11-17-14(3)26-27(19(17)21)16-8-6-15(22)7-9-16/h4-11H,1-3H3,(H2,24,25,28)/b23-11-. The minimum Gasteiger partial charge on any atom is -0.331 e. The van der Waals surface area contributed by atoms with Crippen molar-refractivity contribution >= 4 is 40.8 Å². The molecule has 0 spiro atoms. The molecule has 28 heavy (non-hydrogen) atoms. The van der Waals surface area contributed by atoms with E-state index in [9.17, 15) is 4.39 Å². The average Bonchev–Trinajstić information content (AvgIpc) is 2.93.